The van der Waals surface area contributed by atoms with E-state index in [1.165, 1.54) is 6.08 Å². The van der Waals surface area contributed by atoms with Gasteiger partial charge in [-0.2, -0.15) is 0 Å². The monoisotopic (exact) mass is 394 g/mol. The summed E-state index contributed by atoms with van der Waals surface area (Å²) in [6, 6.07) is 14.4. The van der Waals surface area contributed by atoms with Crippen molar-refractivity contribution in [2.24, 2.45) is 0 Å². The minimum Gasteiger partial charge on any atom is -0.497 e. The normalized spacial score (nSPS) is 13.3. The molecule has 0 heterocycles. The Morgan fingerprint density at radius 3 is 2.50 bits per heavy atom. The zero-order valence-electron chi connectivity index (χ0n) is 15.0. The Labute approximate surface area is 160 Å². The van der Waals surface area contributed by atoms with E-state index in [-0.39, 0.29) is 12.6 Å². The van der Waals surface area contributed by atoms with Gasteiger partial charge in [0.2, 0.25) is 10.0 Å². The lowest BCUT2D eigenvalue weighted by molar-refractivity contribution is 0.298. The van der Waals surface area contributed by atoms with Gasteiger partial charge in [-0.25, -0.2) is 13.1 Å². The molecule has 1 N–H and O–H groups in total. The fourth-order valence-electron chi connectivity index (χ4n) is 2.43. The molecule has 0 saturated heterocycles. The lowest BCUT2D eigenvalue weighted by atomic mass is 10.1. The van der Waals surface area contributed by atoms with Crippen LogP contribution >= 0.6 is 11.6 Å². The highest BCUT2D eigenvalue weighted by Gasteiger charge is 2.17. The van der Waals surface area contributed by atoms with E-state index in [9.17, 15) is 8.42 Å². The molecule has 140 valence electrons. The SMILES string of the molecule is COc1cccc(C(CNS(=O)(=O)C=Cc2ccc(Cl)cc2)N(C)C)c1. The van der Waals surface area contributed by atoms with Crippen LogP contribution in [0.5, 0.6) is 5.75 Å². The summed E-state index contributed by atoms with van der Waals surface area (Å²) in [5.74, 6) is 0.736. The summed E-state index contributed by atoms with van der Waals surface area (Å²) in [5, 5.41) is 1.77. The van der Waals surface area contributed by atoms with Crippen molar-refractivity contribution in [3.63, 3.8) is 0 Å². The standard InChI is InChI=1S/C19H23ClN2O3S/c1-22(2)19(16-5-4-6-18(13-16)25-3)14-21-26(23,24)12-11-15-7-9-17(20)10-8-15/h4-13,19,21H,14H2,1-3H3. The Morgan fingerprint density at radius 2 is 1.88 bits per heavy atom. The Hall–Kier alpha value is -1.86. The van der Waals surface area contributed by atoms with Gasteiger partial charge in [-0.1, -0.05) is 35.9 Å². The quantitative estimate of drug-likeness (QED) is 0.743. The molecule has 5 nitrogen and oxygen atoms in total. The third-order valence-electron chi connectivity index (χ3n) is 3.89. The average Bonchev–Trinajstić information content (AvgIpc) is 2.61. The third kappa shape index (κ3) is 6.14. The van der Waals surface area contributed by atoms with Crippen LogP contribution in [0.15, 0.2) is 53.9 Å². The second-order valence-electron chi connectivity index (χ2n) is 6.00. The first-order chi connectivity index (χ1) is 12.3. The zero-order chi connectivity index (χ0) is 19.2. The van der Waals surface area contributed by atoms with E-state index in [0.29, 0.717) is 5.02 Å². The summed E-state index contributed by atoms with van der Waals surface area (Å²) in [5.41, 5.74) is 1.73. The molecule has 0 spiro atoms. The number of rotatable bonds is 8. The zero-order valence-corrected chi connectivity index (χ0v) is 16.6. The summed E-state index contributed by atoms with van der Waals surface area (Å²) in [4.78, 5) is 1.96. The Morgan fingerprint density at radius 1 is 1.19 bits per heavy atom. The van der Waals surface area contributed by atoms with Gasteiger partial charge in [-0.15, -0.1) is 0 Å². The maximum Gasteiger partial charge on any atom is 0.233 e. The van der Waals surface area contributed by atoms with Gasteiger partial charge >= 0.3 is 0 Å². The van der Waals surface area contributed by atoms with E-state index < -0.39 is 10.0 Å². The van der Waals surface area contributed by atoms with Crippen LogP contribution < -0.4 is 9.46 Å². The molecular weight excluding hydrogens is 372 g/mol. The van der Waals surface area contributed by atoms with Gasteiger partial charge in [0, 0.05) is 23.0 Å². The van der Waals surface area contributed by atoms with Gasteiger partial charge in [0.25, 0.3) is 0 Å². The van der Waals surface area contributed by atoms with Gasteiger partial charge in [-0.3, -0.25) is 0 Å². The second kappa shape index (κ2) is 9.19. The highest BCUT2D eigenvalue weighted by molar-refractivity contribution is 7.92. The van der Waals surface area contributed by atoms with Crippen molar-refractivity contribution in [3.8, 4) is 5.75 Å². The summed E-state index contributed by atoms with van der Waals surface area (Å²) in [6.07, 6.45) is 1.54. The maximum absolute atomic E-state index is 12.3. The number of ether oxygens (including phenoxy) is 1. The summed E-state index contributed by atoms with van der Waals surface area (Å²) >= 11 is 5.83. The van der Waals surface area contributed by atoms with E-state index in [2.05, 4.69) is 4.72 Å². The van der Waals surface area contributed by atoms with Crippen LogP contribution in [-0.2, 0) is 10.0 Å². The first-order valence-corrected chi connectivity index (χ1v) is 9.97. The summed E-state index contributed by atoms with van der Waals surface area (Å²) in [7, 11) is 1.85. The number of nitrogens with one attached hydrogen (secondary N) is 1. The molecule has 0 aliphatic rings. The van der Waals surface area contributed by atoms with Crippen molar-refractivity contribution in [1.29, 1.82) is 0 Å². The van der Waals surface area contributed by atoms with Gasteiger partial charge < -0.3 is 9.64 Å². The van der Waals surface area contributed by atoms with Crippen molar-refractivity contribution >= 4 is 27.7 Å². The molecule has 7 heteroatoms. The molecule has 0 radical (unpaired) electrons. The number of hydrogen-bond donors (Lipinski definition) is 1. The molecule has 2 aromatic carbocycles. The maximum atomic E-state index is 12.3. The topological polar surface area (TPSA) is 58.6 Å². The van der Waals surface area contributed by atoms with Crippen molar-refractivity contribution in [3.05, 3.63) is 70.1 Å². The lowest BCUT2D eigenvalue weighted by Crippen LogP contribution is -2.33. The van der Waals surface area contributed by atoms with E-state index in [4.69, 9.17) is 16.3 Å². The molecule has 0 aliphatic heterocycles. The molecule has 0 saturated carbocycles. The highest BCUT2D eigenvalue weighted by atomic mass is 35.5. The first-order valence-electron chi connectivity index (χ1n) is 8.04. The first kappa shape index (κ1) is 20.5. The van der Waals surface area contributed by atoms with Gasteiger partial charge in [0.05, 0.1) is 7.11 Å². The number of halogens is 1. The predicted molar refractivity (Wildman–Crippen MR) is 107 cm³/mol. The number of methoxy groups -OCH3 is 1. The molecule has 0 fully saturated rings. The molecule has 1 unspecified atom stereocenters. The molecular formula is C19H23ClN2O3S. The van der Waals surface area contributed by atoms with Crippen LogP contribution in [0.2, 0.25) is 5.02 Å². The van der Waals surface area contributed by atoms with Crippen molar-refractivity contribution < 1.29 is 13.2 Å². The number of benzene rings is 2. The summed E-state index contributed by atoms with van der Waals surface area (Å²) < 4.78 is 32.5. The Bertz CT molecular complexity index is 849. The highest BCUT2D eigenvalue weighted by Crippen LogP contribution is 2.22. The van der Waals surface area contributed by atoms with E-state index in [1.54, 1.807) is 31.4 Å². The van der Waals surface area contributed by atoms with Crippen LogP contribution in [0, 0.1) is 0 Å². The second-order valence-corrected chi connectivity index (χ2v) is 8.09. The number of hydrogen-bond acceptors (Lipinski definition) is 4. The fraction of sp³-hybridized carbons (Fsp3) is 0.263. The van der Waals surface area contributed by atoms with E-state index in [1.807, 2.05) is 43.3 Å². The Balaban J connectivity index is 2.08. The molecule has 1 atom stereocenters. The van der Waals surface area contributed by atoms with Crippen LogP contribution in [0.25, 0.3) is 6.08 Å². The molecule has 2 aromatic rings. The minimum atomic E-state index is -3.56. The average molecular weight is 395 g/mol. The van der Waals surface area contributed by atoms with Gasteiger partial charge in [0.15, 0.2) is 0 Å². The minimum absolute atomic E-state index is 0.121. The molecule has 26 heavy (non-hydrogen) atoms. The molecule has 0 amide bonds. The smallest absolute Gasteiger partial charge is 0.233 e. The number of nitrogens with zero attached hydrogens (tertiary/aromatic N) is 1. The van der Waals surface area contributed by atoms with Crippen LogP contribution in [-0.4, -0.2) is 41.1 Å². The van der Waals surface area contributed by atoms with E-state index >= 15 is 0 Å². The van der Waals surface area contributed by atoms with E-state index in [0.717, 1.165) is 22.3 Å². The molecule has 0 aliphatic carbocycles. The van der Waals surface area contributed by atoms with Crippen molar-refractivity contribution in [2.75, 3.05) is 27.7 Å². The largest absolute Gasteiger partial charge is 0.497 e. The fourth-order valence-corrected chi connectivity index (χ4v) is 3.38. The molecule has 2 rings (SSSR count). The van der Waals surface area contributed by atoms with Crippen molar-refractivity contribution in [2.45, 2.75) is 6.04 Å². The van der Waals surface area contributed by atoms with Gasteiger partial charge in [0.1, 0.15) is 5.75 Å². The predicted octanol–water partition coefficient (Wildman–Crippen LogP) is 3.54. The molecule has 0 bridgehead atoms. The van der Waals surface area contributed by atoms with Crippen molar-refractivity contribution in [1.82, 2.24) is 9.62 Å². The summed E-state index contributed by atoms with van der Waals surface area (Å²) in [6.45, 7) is 0.244. The third-order valence-corrected chi connectivity index (χ3v) is 5.20. The van der Waals surface area contributed by atoms with Gasteiger partial charge in [-0.05, 0) is 55.6 Å². The Kier molecular flexibility index (Phi) is 7.23. The van der Waals surface area contributed by atoms with Crippen LogP contribution in [0.1, 0.15) is 17.2 Å². The van der Waals surface area contributed by atoms with Crippen LogP contribution in [0.3, 0.4) is 0 Å². The number of sulfonamides is 1. The van der Waals surface area contributed by atoms with Crippen LogP contribution in [0.4, 0.5) is 0 Å². The molecule has 0 aromatic heterocycles. The number of likely N-dealkylation sites (N-methyl/N-ethyl adjacent to an activating group) is 1. The lowest BCUT2D eigenvalue weighted by Gasteiger charge is -2.25.